The van der Waals surface area contributed by atoms with Crippen LogP contribution in [0.1, 0.15) is 6.42 Å². The number of carboxylic acid groups (broad SMARTS) is 1. The Kier molecular flexibility index (Phi) is 3.25. The van der Waals surface area contributed by atoms with Gasteiger partial charge in [0.05, 0.1) is 6.61 Å². The summed E-state index contributed by atoms with van der Waals surface area (Å²) in [6.07, 6.45) is 1.24. The van der Waals surface area contributed by atoms with Crippen LogP contribution in [0.5, 0.6) is 0 Å². The number of carboxylic acids is 1. The maximum atomic E-state index is 10.8. The van der Waals surface area contributed by atoms with Crippen molar-refractivity contribution in [3.8, 4) is 0 Å². The second-order valence-electron chi connectivity index (χ2n) is 3.18. The predicted octanol–water partition coefficient (Wildman–Crippen LogP) is -0.436. The molecule has 0 spiro atoms. The number of rotatable bonds is 4. The Hall–Kier alpha value is -1.10. The molecule has 0 bridgehead atoms. The Morgan fingerprint density at radius 2 is 2.46 bits per heavy atom. The van der Waals surface area contributed by atoms with E-state index in [1.54, 1.807) is 0 Å². The van der Waals surface area contributed by atoms with Crippen LogP contribution in [0.4, 0.5) is 0 Å². The Morgan fingerprint density at radius 3 is 2.85 bits per heavy atom. The maximum absolute atomic E-state index is 10.8. The maximum Gasteiger partial charge on any atom is 0.326 e. The molecular formula is C8H13NO4. The number of carbonyl (C=O) groups excluding carboxylic acids is 1. The summed E-state index contributed by atoms with van der Waals surface area (Å²) in [6, 6.07) is -0.750. The van der Waals surface area contributed by atoms with Crippen LogP contribution >= 0.6 is 0 Å². The summed E-state index contributed by atoms with van der Waals surface area (Å²) in [6.45, 7) is 1.01. The van der Waals surface area contributed by atoms with E-state index < -0.39 is 12.0 Å². The van der Waals surface area contributed by atoms with Crippen LogP contribution in [-0.2, 0) is 14.3 Å². The molecule has 0 aromatic heterocycles. The quantitative estimate of drug-likeness (QED) is 0.606. The molecule has 0 aliphatic carbocycles. The van der Waals surface area contributed by atoms with E-state index in [1.807, 2.05) is 0 Å². The van der Waals surface area contributed by atoms with E-state index in [0.29, 0.717) is 26.0 Å². The average Bonchev–Trinajstić information content (AvgIpc) is 2.56. The van der Waals surface area contributed by atoms with Gasteiger partial charge in [-0.15, -0.1) is 0 Å². The highest BCUT2D eigenvalue weighted by Gasteiger charge is 2.33. The summed E-state index contributed by atoms with van der Waals surface area (Å²) in [5.74, 6) is -1.04. The van der Waals surface area contributed by atoms with Crippen LogP contribution in [-0.4, -0.2) is 48.7 Å². The fraction of sp³-hybridized carbons (Fsp3) is 0.750. The van der Waals surface area contributed by atoms with Crippen LogP contribution in [0.25, 0.3) is 0 Å². The van der Waals surface area contributed by atoms with Crippen LogP contribution in [0, 0.1) is 5.92 Å². The minimum absolute atomic E-state index is 0.0762. The molecule has 1 heterocycles. The lowest BCUT2D eigenvalue weighted by Crippen LogP contribution is -2.43. The number of nitrogens with zero attached hydrogens (tertiary/aromatic N) is 1. The highest BCUT2D eigenvalue weighted by molar-refractivity contribution is 5.76. The van der Waals surface area contributed by atoms with Gasteiger partial charge in [-0.25, -0.2) is 4.79 Å². The number of hydrogen-bond acceptors (Lipinski definition) is 3. The summed E-state index contributed by atoms with van der Waals surface area (Å²) in [4.78, 5) is 22.4. The molecule has 1 aliphatic heterocycles. The zero-order chi connectivity index (χ0) is 9.84. The van der Waals surface area contributed by atoms with Crippen molar-refractivity contribution in [3.63, 3.8) is 0 Å². The van der Waals surface area contributed by atoms with Crippen LogP contribution in [0.15, 0.2) is 0 Å². The fourth-order valence-electron chi connectivity index (χ4n) is 1.58. The van der Waals surface area contributed by atoms with E-state index in [-0.39, 0.29) is 5.92 Å². The van der Waals surface area contributed by atoms with Crippen LogP contribution < -0.4 is 0 Å². The molecule has 1 saturated heterocycles. The Bertz CT molecular complexity index is 200. The summed E-state index contributed by atoms with van der Waals surface area (Å²) in [5.41, 5.74) is 0. The Balaban J connectivity index is 2.65. The van der Waals surface area contributed by atoms with Gasteiger partial charge in [0.2, 0.25) is 6.41 Å². The van der Waals surface area contributed by atoms with Crippen molar-refractivity contribution in [1.29, 1.82) is 0 Å². The van der Waals surface area contributed by atoms with Crippen molar-refractivity contribution >= 4 is 12.4 Å². The van der Waals surface area contributed by atoms with Gasteiger partial charge in [-0.1, -0.05) is 0 Å². The van der Waals surface area contributed by atoms with Gasteiger partial charge >= 0.3 is 5.97 Å². The number of carbonyl (C=O) groups is 2. The number of likely N-dealkylation sites (N-methyl/N-ethyl adjacent to an activating group) is 1. The van der Waals surface area contributed by atoms with Gasteiger partial charge in [-0.2, -0.15) is 0 Å². The third kappa shape index (κ3) is 2.18. The highest BCUT2D eigenvalue weighted by atomic mass is 16.5. The monoisotopic (exact) mass is 187 g/mol. The van der Waals surface area contributed by atoms with E-state index >= 15 is 0 Å². The summed E-state index contributed by atoms with van der Waals surface area (Å²) >= 11 is 0. The van der Waals surface area contributed by atoms with Crippen molar-refractivity contribution in [2.24, 2.45) is 5.92 Å². The smallest absolute Gasteiger partial charge is 0.326 e. The molecule has 1 rings (SSSR count). The standard InChI is InChI=1S/C8H13NO4/c1-9(5-10)7(8(11)12)6-2-3-13-4-6/h5-7H,2-4H2,1H3,(H,11,12). The zero-order valence-electron chi connectivity index (χ0n) is 7.47. The lowest BCUT2D eigenvalue weighted by Gasteiger charge is -2.24. The van der Waals surface area contributed by atoms with Crippen molar-refractivity contribution < 1.29 is 19.4 Å². The second kappa shape index (κ2) is 4.23. The van der Waals surface area contributed by atoms with E-state index in [9.17, 15) is 9.59 Å². The van der Waals surface area contributed by atoms with Crippen molar-refractivity contribution in [2.75, 3.05) is 20.3 Å². The SMILES string of the molecule is CN(C=O)C(C(=O)O)C1CCOC1. The van der Waals surface area contributed by atoms with E-state index in [4.69, 9.17) is 9.84 Å². The van der Waals surface area contributed by atoms with Crippen molar-refractivity contribution in [3.05, 3.63) is 0 Å². The summed E-state index contributed by atoms with van der Waals surface area (Å²) in [5, 5.41) is 8.88. The molecule has 5 nitrogen and oxygen atoms in total. The highest BCUT2D eigenvalue weighted by Crippen LogP contribution is 2.19. The first-order valence-corrected chi connectivity index (χ1v) is 4.14. The lowest BCUT2D eigenvalue weighted by atomic mass is 9.98. The predicted molar refractivity (Wildman–Crippen MR) is 44.2 cm³/mol. The van der Waals surface area contributed by atoms with Gasteiger partial charge in [0.1, 0.15) is 6.04 Å². The molecular weight excluding hydrogens is 174 g/mol. The number of hydrogen-bond donors (Lipinski definition) is 1. The topological polar surface area (TPSA) is 66.8 Å². The molecule has 2 atom stereocenters. The summed E-state index contributed by atoms with van der Waals surface area (Å²) < 4.78 is 5.08. The fourth-order valence-corrected chi connectivity index (χ4v) is 1.58. The molecule has 0 aromatic rings. The van der Waals surface area contributed by atoms with E-state index in [2.05, 4.69) is 0 Å². The first-order valence-electron chi connectivity index (χ1n) is 4.14. The Morgan fingerprint density at radius 1 is 1.77 bits per heavy atom. The molecule has 0 aromatic carbocycles. The van der Waals surface area contributed by atoms with Crippen molar-refractivity contribution in [1.82, 2.24) is 4.90 Å². The number of amides is 1. The molecule has 13 heavy (non-hydrogen) atoms. The average molecular weight is 187 g/mol. The van der Waals surface area contributed by atoms with E-state index in [0.717, 1.165) is 0 Å². The molecule has 0 saturated carbocycles. The number of aliphatic carboxylic acids is 1. The van der Waals surface area contributed by atoms with E-state index in [1.165, 1.54) is 11.9 Å². The van der Waals surface area contributed by atoms with Gasteiger partial charge in [0, 0.05) is 19.6 Å². The Labute approximate surface area is 76.3 Å². The third-order valence-corrected chi connectivity index (χ3v) is 2.27. The van der Waals surface area contributed by atoms with Crippen LogP contribution in [0.3, 0.4) is 0 Å². The molecule has 1 aliphatic rings. The van der Waals surface area contributed by atoms with Gasteiger partial charge in [0.15, 0.2) is 0 Å². The van der Waals surface area contributed by atoms with Gasteiger partial charge < -0.3 is 14.7 Å². The molecule has 1 amide bonds. The van der Waals surface area contributed by atoms with Crippen molar-refractivity contribution in [2.45, 2.75) is 12.5 Å². The minimum atomic E-state index is -0.967. The molecule has 1 N–H and O–H groups in total. The largest absolute Gasteiger partial charge is 0.480 e. The number of ether oxygens (including phenoxy) is 1. The first kappa shape index (κ1) is 9.98. The van der Waals surface area contributed by atoms with Gasteiger partial charge in [-0.05, 0) is 6.42 Å². The molecule has 74 valence electrons. The van der Waals surface area contributed by atoms with Gasteiger partial charge in [-0.3, -0.25) is 4.79 Å². The normalized spacial score (nSPS) is 23.9. The zero-order valence-corrected chi connectivity index (χ0v) is 7.47. The molecule has 0 radical (unpaired) electrons. The lowest BCUT2D eigenvalue weighted by molar-refractivity contribution is -0.147. The van der Waals surface area contributed by atoms with Crippen LogP contribution in [0.2, 0.25) is 0 Å². The minimum Gasteiger partial charge on any atom is -0.480 e. The first-order chi connectivity index (χ1) is 6.16. The third-order valence-electron chi connectivity index (χ3n) is 2.27. The molecule has 2 unspecified atom stereocenters. The van der Waals surface area contributed by atoms with Gasteiger partial charge in [0.25, 0.3) is 0 Å². The molecule has 1 fully saturated rings. The summed E-state index contributed by atoms with van der Waals surface area (Å²) in [7, 11) is 1.48. The second-order valence-corrected chi connectivity index (χ2v) is 3.18. The molecule has 5 heteroatoms.